The van der Waals surface area contributed by atoms with Gasteiger partial charge in [0.1, 0.15) is 17.0 Å². The average Bonchev–Trinajstić information content (AvgIpc) is 3.52. The smallest absolute Gasteiger partial charge is 0.262 e. The number of carbonyl (C=O) groups is 2. The van der Waals surface area contributed by atoms with Gasteiger partial charge in [0.25, 0.3) is 5.91 Å². The molecule has 2 aliphatic rings. The Bertz CT molecular complexity index is 1550. The van der Waals surface area contributed by atoms with Crippen LogP contribution in [0.25, 0.3) is 10.1 Å². The van der Waals surface area contributed by atoms with Crippen molar-refractivity contribution in [1.82, 2.24) is 5.32 Å². The first-order valence-electron chi connectivity index (χ1n) is 12.6. The zero-order valence-electron chi connectivity index (χ0n) is 20.6. The molecule has 0 bridgehead atoms. The van der Waals surface area contributed by atoms with E-state index in [4.69, 9.17) is 27.7 Å². The van der Waals surface area contributed by atoms with Crippen molar-refractivity contribution in [2.75, 3.05) is 5.73 Å². The molecule has 38 heavy (non-hydrogen) atoms. The quantitative estimate of drug-likeness (QED) is 0.248. The topological polar surface area (TPSA) is 159 Å². The summed E-state index contributed by atoms with van der Waals surface area (Å²) in [5, 5.41) is 3.73. The summed E-state index contributed by atoms with van der Waals surface area (Å²) >= 11 is 1.24. The minimum absolute atomic E-state index is 0.0915. The van der Waals surface area contributed by atoms with Crippen molar-refractivity contribution in [1.29, 1.82) is 0 Å². The molecule has 4 aromatic rings. The van der Waals surface area contributed by atoms with Crippen LogP contribution in [0.5, 0.6) is 11.5 Å². The minimum atomic E-state index is -1.52. The van der Waals surface area contributed by atoms with Gasteiger partial charge in [0.2, 0.25) is 0 Å². The summed E-state index contributed by atoms with van der Waals surface area (Å²) in [6.07, 6.45) is 2.65. The van der Waals surface area contributed by atoms with Gasteiger partial charge in [0.05, 0.1) is 15.6 Å². The number of amides is 1. The van der Waals surface area contributed by atoms with Crippen LogP contribution in [0, 0.1) is 0 Å². The molecule has 3 aromatic carbocycles. The van der Waals surface area contributed by atoms with Crippen molar-refractivity contribution in [2.24, 2.45) is 17.2 Å². The molecular formula is C29H29N5O3S. The molecule has 2 aliphatic carbocycles. The highest BCUT2D eigenvalue weighted by atomic mass is 32.1. The van der Waals surface area contributed by atoms with Gasteiger partial charge in [-0.25, -0.2) is 0 Å². The number of hydrogen-bond acceptors (Lipinski definition) is 8. The highest BCUT2D eigenvalue weighted by Gasteiger charge is 2.48. The molecular weight excluding hydrogens is 498 g/mol. The maximum Gasteiger partial charge on any atom is 0.262 e. The molecule has 4 atom stereocenters. The van der Waals surface area contributed by atoms with Crippen LogP contribution in [0.3, 0.4) is 0 Å². The van der Waals surface area contributed by atoms with E-state index in [1.165, 1.54) is 11.3 Å². The molecule has 0 aliphatic heterocycles. The molecule has 1 heterocycles. The first-order chi connectivity index (χ1) is 18.3. The monoisotopic (exact) mass is 527 g/mol. The van der Waals surface area contributed by atoms with Crippen molar-refractivity contribution in [3.05, 3.63) is 88.3 Å². The van der Waals surface area contributed by atoms with E-state index in [9.17, 15) is 9.59 Å². The van der Waals surface area contributed by atoms with E-state index in [1.54, 1.807) is 36.4 Å². The molecule has 8 nitrogen and oxygen atoms in total. The van der Waals surface area contributed by atoms with E-state index in [0.29, 0.717) is 48.8 Å². The van der Waals surface area contributed by atoms with Crippen molar-refractivity contribution in [3.8, 4) is 11.5 Å². The number of thiophene rings is 1. The summed E-state index contributed by atoms with van der Waals surface area (Å²) in [6.45, 7) is 0. The Morgan fingerprint density at radius 2 is 1.68 bits per heavy atom. The molecule has 9 N–H and O–H groups in total. The molecule has 1 fully saturated rings. The van der Waals surface area contributed by atoms with Crippen LogP contribution < -0.4 is 33.0 Å². The predicted molar refractivity (Wildman–Crippen MR) is 149 cm³/mol. The maximum absolute atomic E-state index is 13.9. The first kappa shape index (κ1) is 24.6. The summed E-state index contributed by atoms with van der Waals surface area (Å²) < 4.78 is 6.60. The third-order valence-corrected chi connectivity index (χ3v) is 8.95. The summed E-state index contributed by atoms with van der Waals surface area (Å²) in [5.74, 6) is 0.631. The van der Waals surface area contributed by atoms with Gasteiger partial charge in [-0.2, -0.15) is 0 Å². The van der Waals surface area contributed by atoms with Crippen LogP contribution in [0.2, 0.25) is 0 Å². The number of hydrogen-bond donors (Lipinski definition) is 5. The summed E-state index contributed by atoms with van der Waals surface area (Å²) in [6, 6.07) is 18.7. The molecule has 1 saturated carbocycles. The Labute approximate surface area is 223 Å². The number of rotatable bonds is 5. The van der Waals surface area contributed by atoms with Crippen LogP contribution in [-0.4, -0.2) is 23.8 Å². The number of Topliss-reactive ketones (excluding diaryl/α,β-unsaturated/α-hetero) is 1. The number of nitrogen functional groups attached to an aromatic ring is 1. The normalized spacial score (nSPS) is 24.5. The van der Waals surface area contributed by atoms with Crippen molar-refractivity contribution >= 4 is 38.8 Å². The van der Waals surface area contributed by atoms with E-state index in [0.717, 1.165) is 19.3 Å². The molecule has 194 valence electrons. The van der Waals surface area contributed by atoms with Gasteiger partial charge in [-0.05, 0) is 60.7 Å². The van der Waals surface area contributed by atoms with E-state index in [2.05, 4.69) is 5.32 Å². The van der Waals surface area contributed by atoms with Crippen LogP contribution in [0.4, 0.5) is 5.69 Å². The lowest BCUT2D eigenvalue weighted by molar-refractivity contribution is -0.124. The Hall–Kier alpha value is -3.76. The van der Waals surface area contributed by atoms with Gasteiger partial charge in [-0.15, -0.1) is 11.3 Å². The van der Waals surface area contributed by atoms with Crippen LogP contribution >= 0.6 is 11.3 Å². The molecule has 0 saturated heterocycles. The number of nitrogens with one attached hydrogen (secondary N) is 1. The summed E-state index contributed by atoms with van der Waals surface area (Å²) in [7, 11) is 0. The van der Waals surface area contributed by atoms with Crippen molar-refractivity contribution in [3.63, 3.8) is 0 Å². The number of anilines is 1. The van der Waals surface area contributed by atoms with E-state index in [-0.39, 0.29) is 18.0 Å². The fourth-order valence-electron chi connectivity index (χ4n) is 5.66. The molecule has 2 unspecified atom stereocenters. The van der Waals surface area contributed by atoms with Gasteiger partial charge in [0, 0.05) is 28.7 Å². The zero-order valence-corrected chi connectivity index (χ0v) is 21.5. The second-order valence-corrected chi connectivity index (χ2v) is 11.0. The minimum Gasteiger partial charge on any atom is -0.457 e. The molecule has 0 radical (unpaired) electrons. The highest BCUT2D eigenvalue weighted by molar-refractivity contribution is 7.21. The molecule has 0 spiro atoms. The molecule has 1 aromatic heterocycles. The standard InChI is InChI=1S/C29H29N5O3S/c30-19-7-4-8-21(19)34-28(36)26-23-22-18(13-14-20(31)25(22)38-26)29(33,27(35)24(23)32)15-9-11-17(12-10-15)37-16-5-2-1-3-6-16/h1-3,5-6,9-14,19,21,24H,4,7-8,30-33H2,(H,34,36)/t19-,21+,24?,29?/m1/s1. The Morgan fingerprint density at radius 1 is 0.974 bits per heavy atom. The fourth-order valence-corrected chi connectivity index (χ4v) is 6.86. The Balaban J connectivity index is 1.43. The largest absolute Gasteiger partial charge is 0.457 e. The van der Waals surface area contributed by atoms with Crippen LogP contribution in [-0.2, 0) is 10.3 Å². The number of carbonyl (C=O) groups excluding carboxylic acids is 2. The number of para-hydroxylation sites is 1. The van der Waals surface area contributed by atoms with Gasteiger partial charge < -0.3 is 33.0 Å². The van der Waals surface area contributed by atoms with Crippen LogP contribution in [0.1, 0.15) is 51.7 Å². The summed E-state index contributed by atoms with van der Waals surface area (Å²) in [5.41, 5.74) is 26.7. The molecule has 9 heteroatoms. The van der Waals surface area contributed by atoms with Gasteiger partial charge >= 0.3 is 0 Å². The SMILES string of the molecule is Nc1ccc2c3c(c(C(=O)N[C@H]4CCC[C@H]4N)sc13)C(N)C(=O)C2(N)c1ccc(Oc2ccccc2)cc1. The lowest BCUT2D eigenvalue weighted by Crippen LogP contribution is -2.52. The molecule has 1 amide bonds. The van der Waals surface area contributed by atoms with E-state index >= 15 is 0 Å². The van der Waals surface area contributed by atoms with Gasteiger partial charge in [-0.1, -0.05) is 36.4 Å². The second-order valence-electron chi connectivity index (χ2n) is 10.0. The van der Waals surface area contributed by atoms with Gasteiger partial charge in [-0.3, -0.25) is 9.59 Å². The predicted octanol–water partition coefficient (Wildman–Crippen LogP) is 3.67. The number of benzene rings is 3. The molecule has 6 rings (SSSR count). The summed E-state index contributed by atoms with van der Waals surface area (Å²) in [4.78, 5) is 27.7. The van der Waals surface area contributed by atoms with E-state index < -0.39 is 17.4 Å². The number of ketones is 1. The third kappa shape index (κ3) is 3.78. The maximum atomic E-state index is 13.9. The zero-order chi connectivity index (χ0) is 26.6. The second kappa shape index (κ2) is 9.21. The fraction of sp³-hybridized carbons (Fsp3) is 0.241. The lowest BCUT2D eigenvalue weighted by atomic mass is 9.70. The lowest BCUT2D eigenvalue weighted by Gasteiger charge is -2.36. The van der Waals surface area contributed by atoms with Crippen molar-refractivity contribution < 1.29 is 14.3 Å². The Kier molecular flexibility index (Phi) is 5.96. The first-order valence-corrected chi connectivity index (χ1v) is 13.4. The number of nitrogens with two attached hydrogens (primary N) is 4. The number of ether oxygens (including phenoxy) is 1. The van der Waals surface area contributed by atoms with Crippen LogP contribution in [0.15, 0.2) is 66.7 Å². The van der Waals surface area contributed by atoms with E-state index in [1.807, 2.05) is 30.3 Å². The average molecular weight is 528 g/mol. The van der Waals surface area contributed by atoms with Gasteiger partial charge in [0.15, 0.2) is 5.78 Å². The highest BCUT2D eigenvalue weighted by Crippen LogP contribution is 2.49. The van der Waals surface area contributed by atoms with Crippen molar-refractivity contribution in [2.45, 2.75) is 42.9 Å². The third-order valence-electron chi connectivity index (χ3n) is 7.69. The Morgan fingerprint density at radius 3 is 2.37 bits per heavy atom.